The van der Waals surface area contributed by atoms with Crippen molar-refractivity contribution in [1.29, 1.82) is 0 Å². The van der Waals surface area contributed by atoms with Crippen molar-refractivity contribution in [2.75, 3.05) is 18.1 Å². The van der Waals surface area contributed by atoms with E-state index in [1.54, 1.807) is 0 Å². The molecule has 0 amide bonds. The fraction of sp³-hybridized carbons (Fsp3) is 0.714. The molecule has 5 heteroatoms. The fourth-order valence-electron chi connectivity index (χ4n) is 2.25. The second-order valence-electron chi connectivity index (χ2n) is 5.42. The Morgan fingerprint density at radius 3 is 2.68 bits per heavy atom. The normalized spacial score (nSPS) is 15.6. The summed E-state index contributed by atoms with van der Waals surface area (Å²) >= 11 is 6.11. The molecule has 1 aromatic heterocycles. The Balaban J connectivity index is 2.24. The highest BCUT2D eigenvalue weighted by atomic mass is 35.5. The largest absolute Gasteiger partial charge is 0.396 e. The highest BCUT2D eigenvalue weighted by Crippen LogP contribution is 2.30. The van der Waals surface area contributed by atoms with Crippen LogP contribution in [0.5, 0.6) is 0 Å². The van der Waals surface area contributed by atoms with Crippen LogP contribution in [0.4, 0.5) is 5.82 Å². The number of aliphatic hydroxyl groups excluding tert-OH is 1. The molecule has 4 nitrogen and oxygen atoms in total. The Labute approximate surface area is 119 Å². The van der Waals surface area contributed by atoms with Crippen LogP contribution in [0.25, 0.3) is 0 Å². The van der Waals surface area contributed by atoms with Crippen LogP contribution in [0.2, 0.25) is 5.15 Å². The lowest BCUT2D eigenvalue weighted by Crippen LogP contribution is -2.41. The van der Waals surface area contributed by atoms with Gasteiger partial charge in [0, 0.05) is 31.2 Å². The SMILES string of the molecule is CC(C)c1nc(Cl)cc(N(CCCO)C2CCC2)n1. The third-order valence-corrected chi connectivity index (χ3v) is 3.78. The van der Waals surface area contributed by atoms with E-state index in [0.29, 0.717) is 11.2 Å². The zero-order chi connectivity index (χ0) is 13.8. The summed E-state index contributed by atoms with van der Waals surface area (Å²) in [5, 5.41) is 9.55. The maximum atomic E-state index is 9.05. The number of aliphatic hydroxyl groups is 1. The van der Waals surface area contributed by atoms with Gasteiger partial charge in [0.05, 0.1) is 0 Å². The van der Waals surface area contributed by atoms with Crippen molar-refractivity contribution in [2.24, 2.45) is 0 Å². The molecule has 0 aliphatic heterocycles. The molecule has 1 aromatic rings. The lowest BCUT2D eigenvalue weighted by atomic mass is 9.91. The summed E-state index contributed by atoms with van der Waals surface area (Å²) in [6, 6.07) is 2.38. The zero-order valence-electron chi connectivity index (χ0n) is 11.6. The maximum absolute atomic E-state index is 9.05. The Morgan fingerprint density at radius 1 is 1.42 bits per heavy atom. The second kappa shape index (κ2) is 6.53. The van der Waals surface area contributed by atoms with E-state index in [2.05, 4.69) is 28.7 Å². The summed E-state index contributed by atoms with van der Waals surface area (Å²) in [6.45, 7) is 5.17. The maximum Gasteiger partial charge on any atom is 0.135 e. The number of anilines is 1. The predicted molar refractivity (Wildman–Crippen MR) is 77.8 cm³/mol. The van der Waals surface area contributed by atoms with Gasteiger partial charge in [-0.15, -0.1) is 0 Å². The Morgan fingerprint density at radius 2 is 2.16 bits per heavy atom. The van der Waals surface area contributed by atoms with Crippen molar-refractivity contribution in [2.45, 2.75) is 51.5 Å². The molecule has 0 bridgehead atoms. The summed E-state index contributed by atoms with van der Waals surface area (Å²) in [5.74, 6) is 1.95. The van der Waals surface area contributed by atoms with E-state index in [0.717, 1.165) is 24.6 Å². The minimum Gasteiger partial charge on any atom is -0.396 e. The summed E-state index contributed by atoms with van der Waals surface area (Å²) in [7, 11) is 0. The minimum atomic E-state index is 0.207. The third kappa shape index (κ3) is 3.57. The van der Waals surface area contributed by atoms with Crippen LogP contribution in [0.3, 0.4) is 0 Å². The van der Waals surface area contributed by atoms with Gasteiger partial charge < -0.3 is 10.0 Å². The molecule has 0 radical (unpaired) electrons. The lowest BCUT2D eigenvalue weighted by molar-refractivity contribution is 0.282. The molecule has 0 spiro atoms. The van der Waals surface area contributed by atoms with E-state index in [1.807, 2.05) is 6.07 Å². The smallest absolute Gasteiger partial charge is 0.135 e. The molecule has 1 heterocycles. The van der Waals surface area contributed by atoms with Gasteiger partial charge in [0.1, 0.15) is 16.8 Å². The number of halogens is 1. The van der Waals surface area contributed by atoms with Crippen LogP contribution in [0.1, 0.15) is 51.3 Å². The molecule has 0 unspecified atom stereocenters. The minimum absolute atomic E-state index is 0.207. The average molecular weight is 284 g/mol. The molecular formula is C14H22ClN3O. The summed E-state index contributed by atoms with van der Waals surface area (Å²) < 4.78 is 0. The fourth-order valence-corrected chi connectivity index (χ4v) is 2.44. The second-order valence-corrected chi connectivity index (χ2v) is 5.80. The molecule has 106 valence electrons. The number of hydrogen-bond donors (Lipinski definition) is 1. The molecular weight excluding hydrogens is 262 g/mol. The Bertz CT molecular complexity index is 421. The zero-order valence-corrected chi connectivity index (χ0v) is 12.4. The van der Waals surface area contributed by atoms with Gasteiger partial charge in [-0.25, -0.2) is 9.97 Å². The average Bonchev–Trinajstić information content (AvgIpc) is 2.31. The van der Waals surface area contributed by atoms with Gasteiger partial charge in [-0.05, 0) is 25.7 Å². The molecule has 19 heavy (non-hydrogen) atoms. The van der Waals surface area contributed by atoms with Crippen molar-refractivity contribution in [3.8, 4) is 0 Å². The van der Waals surface area contributed by atoms with Crippen molar-refractivity contribution in [3.05, 3.63) is 17.0 Å². The standard InChI is InChI=1S/C14H22ClN3O/c1-10(2)14-16-12(15)9-13(17-14)18(7-4-8-19)11-5-3-6-11/h9-11,19H,3-8H2,1-2H3. The van der Waals surface area contributed by atoms with Gasteiger partial charge in [0.25, 0.3) is 0 Å². The van der Waals surface area contributed by atoms with Crippen molar-refractivity contribution in [1.82, 2.24) is 9.97 Å². The molecule has 0 saturated heterocycles. The van der Waals surface area contributed by atoms with Gasteiger partial charge in [0.15, 0.2) is 0 Å². The van der Waals surface area contributed by atoms with E-state index in [9.17, 15) is 0 Å². The summed E-state index contributed by atoms with van der Waals surface area (Å²) in [5.41, 5.74) is 0. The topological polar surface area (TPSA) is 49.2 Å². The third-order valence-electron chi connectivity index (χ3n) is 3.58. The summed E-state index contributed by atoms with van der Waals surface area (Å²) in [6.07, 6.45) is 4.43. The molecule has 2 rings (SSSR count). The van der Waals surface area contributed by atoms with Crippen LogP contribution in [-0.4, -0.2) is 34.3 Å². The molecule has 1 aliphatic carbocycles. The first kappa shape index (κ1) is 14.5. The molecule has 0 atom stereocenters. The van der Waals surface area contributed by atoms with Crippen molar-refractivity contribution >= 4 is 17.4 Å². The van der Waals surface area contributed by atoms with Crippen LogP contribution in [-0.2, 0) is 0 Å². The predicted octanol–water partition coefficient (Wildman–Crippen LogP) is 2.99. The Hall–Kier alpha value is -0.870. The van der Waals surface area contributed by atoms with Gasteiger partial charge in [-0.2, -0.15) is 0 Å². The highest BCUT2D eigenvalue weighted by molar-refractivity contribution is 6.29. The molecule has 0 aromatic carbocycles. The first-order valence-electron chi connectivity index (χ1n) is 7.03. The molecule has 1 aliphatic rings. The van der Waals surface area contributed by atoms with Crippen LogP contribution >= 0.6 is 11.6 Å². The van der Waals surface area contributed by atoms with Crippen molar-refractivity contribution in [3.63, 3.8) is 0 Å². The number of hydrogen-bond acceptors (Lipinski definition) is 4. The van der Waals surface area contributed by atoms with E-state index in [4.69, 9.17) is 16.7 Å². The van der Waals surface area contributed by atoms with E-state index < -0.39 is 0 Å². The Kier molecular flexibility index (Phi) is 4.99. The number of rotatable bonds is 6. The van der Waals surface area contributed by atoms with Gasteiger partial charge in [0.2, 0.25) is 0 Å². The first-order chi connectivity index (χ1) is 9.11. The summed E-state index contributed by atoms with van der Waals surface area (Å²) in [4.78, 5) is 11.2. The lowest BCUT2D eigenvalue weighted by Gasteiger charge is -2.38. The van der Waals surface area contributed by atoms with E-state index in [1.165, 1.54) is 19.3 Å². The molecule has 1 saturated carbocycles. The van der Waals surface area contributed by atoms with E-state index in [-0.39, 0.29) is 12.5 Å². The molecule has 1 N–H and O–H groups in total. The van der Waals surface area contributed by atoms with Crippen molar-refractivity contribution < 1.29 is 5.11 Å². The number of aromatic nitrogens is 2. The van der Waals surface area contributed by atoms with Crippen LogP contribution < -0.4 is 4.90 Å². The monoisotopic (exact) mass is 283 g/mol. The van der Waals surface area contributed by atoms with E-state index >= 15 is 0 Å². The highest BCUT2D eigenvalue weighted by Gasteiger charge is 2.26. The quantitative estimate of drug-likeness (QED) is 0.816. The van der Waals surface area contributed by atoms with Crippen LogP contribution in [0, 0.1) is 0 Å². The number of nitrogens with zero attached hydrogens (tertiary/aromatic N) is 3. The van der Waals surface area contributed by atoms with Crippen LogP contribution in [0.15, 0.2) is 6.07 Å². The van der Waals surface area contributed by atoms with Gasteiger partial charge >= 0.3 is 0 Å². The molecule has 1 fully saturated rings. The van der Waals surface area contributed by atoms with Gasteiger partial charge in [-0.1, -0.05) is 25.4 Å². The first-order valence-corrected chi connectivity index (χ1v) is 7.41. The van der Waals surface area contributed by atoms with Gasteiger partial charge in [-0.3, -0.25) is 0 Å².